The van der Waals surface area contributed by atoms with E-state index >= 15 is 0 Å². The molecule has 78 valence electrons. The molecule has 0 aliphatic heterocycles. The lowest BCUT2D eigenvalue weighted by Gasteiger charge is -2.00. The van der Waals surface area contributed by atoms with Gasteiger partial charge in [0.1, 0.15) is 0 Å². The largest absolute Gasteiger partial charge is 0.155 e. The number of aromatic nitrogens is 2. The summed E-state index contributed by atoms with van der Waals surface area (Å²) in [6, 6.07) is 11.9. The molecule has 0 aliphatic rings. The van der Waals surface area contributed by atoms with Crippen LogP contribution >= 0.6 is 0 Å². The second kappa shape index (κ2) is 4.59. The van der Waals surface area contributed by atoms with E-state index in [0.717, 1.165) is 22.5 Å². The molecular formula is C14H12N2. The van der Waals surface area contributed by atoms with E-state index < -0.39 is 0 Å². The Morgan fingerprint density at radius 1 is 0.938 bits per heavy atom. The molecule has 0 radical (unpaired) electrons. The molecule has 2 nitrogen and oxygen atoms in total. The highest BCUT2D eigenvalue weighted by atomic mass is 15.1. The van der Waals surface area contributed by atoms with Crippen molar-refractivity contribution in [1.29, 1.82) is 0 Å². The van der Waals surface area contributed by atoms with Gasteiger partial charge >= 0.3 is 0 Å². The van der Waals surface area contributed by atoms with Crippen LogP contribution in [0.15, 0.2) is 36.4 Å². The smallest absolute Gasteiger partial charge is 0.0929 e. The lowest BCUT2D eigenvalue weighted by atomic mass is 10.1. The van der Waals surface area contributed by atoms with Crippen LogP contribution in [-0.2, 0) is 0 Å². The molecular weight excluding hydrogens is 196 g/mol. The number of aryl methyl sites for hydroxylation is 1. The Kier molecular flexibility index (Phi) is 2.98. The van der Waals surface area contributed by atoms with Crippen LogP contribution in [0.3, 0.4) is 0 Å². The third kappa shape index (κ3) is 2.26. The summed E-state index contributed by atoms with van der Waals surface area (Å²) in [5.74, 6) is 5.88. The zero-order valence-electron chi connectivity index (χ0n) is 9.36. The third-order valence-electron chi connectivity index (χ3n) is 2.25. The van der Waals surface area contributed by atoms with Gasteiger partial charge in [0.05, 0.1) is 11.4 Å². The molecule has 0 fully saturated rings. The van der Waals surface area contributed by atoms with Gasteiger partial charge in [-0.3, -0.25) is 0 Å². The molecule has 1 aromatic carbocycles. The van der Waals surface area contributed by atoms with Crippen LogP contribution in [-0.4, -0.2) is 10.2 Å². The fraction of sp³-hybridized carbons (Fsp3) is 0.143. The Hall–Kier alpha value is -2.14. The predicted molar refractivity (Wildman–Crippen MR) is 64.8 cm³/mol. The summed E-state index contributed by atoms with van der Waals surface area (Å²) in [6.07, 6.45) is 0. The van der Waals surface area contributed by atoms with Gasteiger partial charge < -0.3 is 0 Å². The fourth-order valence-corrected chi connectivity index (χ4v) is 1.42. The number of hydrogen-bond acceptors (Lipinski definition) is 2. The topological polar surface area (TPSA) is 25.8 Å². The first kappa shape index (κ1) is 10.4. The first-order chi connectivity index (χ1) is 7.79. The zero-order valence-corrected chi connectivity index (χ0v) is 9.36. The van der Waals surface area contributed by atoms with E-state index in [1.807, 2.05) is 50.2 Å². The van der Waals surface area contributed by atoms with Crippen LogP contribution in [0, 0.1) is 18.8 Å². The van der Waals surface area contributed by atoms with E-state index in [1.54, 1.807) is 0 Å². The summed E-state index contributed by atoms with van der Waals surface area (Å²) in [7, 11) is 0. The molecule has 0 unspecified atom stereocenters. The van der Waals surface area contributed by atoms with Gasteiger partial charge in [0, 0.05) is 11.1 Å². The summed E-state index contributed by atoms with van der Waals surface area (Å²) < 4.78 is 0. The Bertz CT molecular complexity index is 528. The second-order valence-electron chi connectivity index (χ2n) is 3.51. The van der Waals surface area contributed by atoms with Crippen molar-refractivity contribution in [3.05, 3.63) is 47.7 Å². The van der Waals surface area contributed by atoms with Crippen molar-refractivity contribution >= 4 is 0 Å². The van der Waals surface area contributed by atoms with Crippen LogP contribution in [0.1, 0.15) is 18.2 Å². The lowest BCUT2D eigenvalue weighted by Crippen LogP contribution is -1.89. The summed E-state index contributed by atoms with van der Waals surface area (Å²) in [4.78, 5) is 0. The van der Waals surface area contributed by atoms with Crippen molar-refractivity contribution < 1.29 is 0 Å². The first-order valence-electron chi connectivity index (χ1n) is 5.13. The van der Waals surface area contributed by atoms with Gasteiger partial charge in [-0.05, 0) is 38.1 Å². The van der Waals surface area contributed by atoms with Crippen molar-refractivity contribution in [3.8, 4) is 23.1 Å². The quantitative estimate of drug-likeness (QED) is 0.673. The van der Waals surface area contributed by atoms with Crippen LogP contribution in [0.2, 0.25) is 0 Å². The van der Waals surface area contributed by atoms with Gasteiger partial charge in [-0.25, -0.2) is 0 Å². The number of nitrogens with zero attached hydrogens (tertiary/aromatic N) is 2. The van der Waals surface area contributed by atoms with Gasteiger partial charge in [0.2, 0.25) is 0 Å². The lowest BCUT2D eigenvalue weighted by molar-refractivity contribution is 0.987. The Morgan fingerprint density at radius 3 is 2.25 bits per heavy atom. The van der Waals surface area contributed by atoms with Crippen LogP contribution in [0.5, 0.6) is 0 Å². The number of hydrogen-bond donors (Lipinski definition) is 0. The highest BCUT2D eigenvalue weighted by Gasteiger charge is 1.98. The Balaban J connectivity index is 2.33. The molecule has 1 heterocycles. The highest BCUT2D eigenvalue weighted by molar-refractivity contribution is 5.59. The minimum Gasteiger partial charge on any atom is -0.155 e. The molecule has 1 aromatic heterocycles. The summed E-state index contributed by atoms with van der Waals surface area (Å²) in [5.41, 5.74) is 3.90. The summed E-state index contributed by atoms with van der Waals surface area (Å²) in [6.45, 7) is 3.76. The molecule has 0 bridgehead atoms. The highest BCUT2D eigenvalue weighted by Crippen LogP contribution is 2.16. The van der Waals surface area contributed by atoms with Gasteiger partial charge in [-0.1, -0.05) is 18.1 Å². The van der Waals surface area contributed by atoms with Crippen molar-refractivity contribution in [1.82, 2.24) is 10.2 Å². The first-order valence-corrected chi connectivity index (χ1v) is 5.13. The molecule has 16 heavy (non-hydrogen) atoms. The normalized spacial score (nSPS) is 9.38. The van der Waals surface area contributed by atoms with E-state index in [0.29, 0.717) is 0 Å². The molecule has 0 saturated carbocycles. The third-order valence-corrected chi connectivity index (χ3v) is 2.25. The van der Waals surface area contributed by atoms with E-state index in [4.69, 9.17) is 0 Å². The summed E-state index contributed by atoms with van der Waals surface area (Å²) >= 11 is 0. The molecule has 0 aliphatic carbocycles. The maximum atomic E-state index is 4.14. The maximum Gasteiger partial charge on any atom is 0.0929 e. The van der Waals surface area contributed by atoms with Gasteiger partial charge in [0.25, 0.3) is 0 Å². The Morgan fingerprint density at radius 2 is 1.69 bits per heavy atom. The molecule has 0 spiro atoms. The molecule has 0 amide bonds. The van der Waals surface area contributed by atoms with Crippen LogP contribution in [0.25, 0.3) is 11.3 Å². The zero-order chi connectivity index (χ0) is 11.4. The predicted octanol–water partition coefficient (Wildman–Crippen LogP) is 2.82. The minimum absolute atomic E-state index is 0.890. The fourth-order valence-electron chi connectivity index (χ4n) is 1.42. The Labute approximate surface area is 95.4 Å². The van der Waals surface area contributed by atoms with Crippen molar-refractivity contribution in [2.45, 2.75) is 13.8 Å². The van der Waals surface area contributed by atoms with Gasteiger partial charge in [-0.2, -0.15) is 10.2 Å². The average Bonchev–Trinajstić information content (AvgIpc) is 2.32. The maximum absolute atomic E-state index is 4.14. The molecule has 0 atom stereocenters. The molecule has 2 heteroatoms. The van der Waals surface area contributed by atoms with Crippen LogP contribution in [0.4, 0.5) is 0 Å². The van der Waals surface area contributed by atoms with E-state index in [9.17, 15) is 0 Å². The minimum atomic E-state index is 0.890. The second-order valence-corrected chi connectivity index (χ2v) is 3.51. The molecule has 0 saturated heterocycles. The van der Waals surface area contributed by atoms with E-state index in [1.165, 1.54) is 0 Å². The summed E-state index contributed by atoms with van der Waals surface area (Å²) in [5, 5.41) is 8.17. The van der Waals surface area contributed by atoms with Crippen molar-refractivity contribution in [3.63, 3.8) is 0 Å². The van der Waals surface area contributed by atoms with Gasteiger partial charge in [0.15, 0.2) is 0 Å². The van der Waals surface area contributed by atoms with Crippen molar-refractivity contribution in [2.75, 3.05) is 0 Å². The molecule has 2 rings (SSSR count). The number of benzene rings is 1. The van der Waals surface area contributed by atoms with E-state index in [2.05, 4.69) is 22.0 Å². The monoisotopic (exact) mass is 208 g/mol. The molecule has 0 N–H and O–H groups in total. The van der Waals surface area contributed by atoms with Gasteiger partial charge in [-0.15, -0.1) is 5.92 Å². The number of rotatable bonds is 1. The SMILES string of the molecule is CC#Cc1ccc(-c2ccc(C)nn2)cc1. The van der Waals surface area contributed by atoms with E-state index in [-0.39, 0.29) is 0 Å². The van der Waals surface area contributed by atoms with Crippen LogP contribution < -0.4 is 0 Å². The molecule has 2 aromatic rings. The standard InChI is InChI=1S/C14H12N2/c1-3-4-12-6-8-13(9-7-12)14-10-5-11(2)15-16-14/h5-10H,1-2H3. The average molecular weight is 208 g/mol. The van der Waals surface area contributed by atoms with Crippen molar-refractivity contribution in [2.24, 2.45) is 0 Å².